The molecule has 0 atom stereocenters. The molecule has 0 aliphatic heterocycles. The first-order chi connectivity index (χ1) is 9.10. The van der Waals surface area contributed by atoms with E-state index in [-0.39, 0.29) is 16.1 Å². The van der Waals surface area contributed by atoms with Crippen molar-refractivity contribution in [1.29, 1.82) is 0 Å². The first-order valence-corrected chi connectivity index (χ1v) is 7.20. The maximum absolute atomic E-state index is 12.0. The zero-order valence-corrected chi connectivity index (χ0v) is 12.4. The number of rotatable bonds is 4. The van der Waals surface area contributed by atoms with Gasteiger partial charge in [-0.15, -0.1) is 11.3 Å². The standard InChI is InChI=1S/C12H11Cl2N3OS/c1-2-7-4-16-11(19-7)6-17-12(18)8-3-10(14)15-5-9(8)13/h3-5H,2,6H2,1H3,(H,17,18). The lowest BCUT2D eigenvalue weighted by atomic mass is 10.2. The molecule has 0 aromatic carbocycles. The molecule has 0 saturated carbocycles. The molecule has 2 rings (SSSR count). The van der Waals surface area contributed by atoms with Crippen molar-refractivity contribution in [3.05, 3.63) is 44.1 Å². The first-order valence-electron chi connectivity index (χ1n) is 5.63. The van der Waals surface area contributed by atoms with Crippen LogP contribution in [0.1, 0.15) is 27.2 Å². The lowest BCUT2D eigenvalue weighted by molar-refractivity contribution is 0.0951. The fourth-order valence-electron chi connectivity index (χ4n) is 1.43. The smallest absolute Gasteiger partial charge is 0.253 e. The number of pyridine rings is 1. The number of carbonyl (C=O) groups excluding carboxylic acids is 1. The van der Waals surface area contributed by atoms with Crippen LogP contribution < -0.4 is 5.32 Å². The molecule has 0 radical (unpaired) electrons. The van der Waals surface area contributed by atoms with E-state index in [2.05, 4.69) is 22.2 Å². The third-order valence-electron chi connectivity index (χ3n) is 2.42. The lowest BCUT2D eigenvalue weighted by Gasteiger charge is -2.05. The van der Waals surface area contributed by atoms with Gasteiger partial charge in [-0.05, 0) is 12.5 Å². The van der Waals surface area contributed by atoms with Crippen LogP contribution >= 0.6 is 34.5 Å². The van der Waals surface area contributed by atoms with Crippen LogP contribution in [0.4, 0.5) is 0 Å². The Morgan fingerprint density at radius 2 is 2.16 bits per heavy atom. The Bertz CT molecular complexity index is 600. The highest BCUT2D eigenvalue weighted by Gasteiger charge is 2.12. The summed E-state index contributed by atoms with van der Waals surface area (Å²) >= 11 is 13.2. The van der Waals surface area contributed by atoms with Gasteiger partial charge in [0.15, 0.2) is 0 Å². The quantitative estimate of drug-likeness (QED) is 0.880. The van der Waals surface area contributed by atoms with Gasteiger partial charge in [0.05, 0.1) is 17.1 Å². The summed E-state index contributed by atoms with van der Waals surface area (Å²) in [6.45, 7) is 2.44. The van der Waals surface area contributed by atoms with E-state index in [1.54, 1.807) is 11.3 Å². The number of hydrogen-bond acceptors (Lipinski definition) is 4. The summed E-state index contributed by atoms with van der Waals surface area (Å²) in [5.74, 6) is -0.289. The predicted molar refractivity (Wildman–Crippen MR) is 76.9 cm³/mol. The minimum absolute atomic E-state index is 0.233. The van der Waals surface area contributed by atoms with Gasteiger partial charge in [0.25, 0.3) is 5.91 Å². The molecule has 4 nitrogen and oxygen atoms in total. The number of thiazole rings is 1. The van der Waals surface area contributed by atoms with E-state index in [1.807, 2.05) is 6.20 Å². The fraction of sp³-hybridized carbons (Fsp3) is 0.250. The molecule has 0 saturated heterocycles. The number of halogens is 2. The third kappa shape index (κ3) is 3.65. The molecular formula is C12H11Cl2N3OS. The van der Waals surface area contributed by atoms with Gasteiger partial charge in [-0.1, -0.05) is 30.1 Å². The largest absolute Gasteiger partial charge is 0.345 e. The van der Waals surface area contributed by atoms with Crippen molar-refractivity contribution in [3.8, 4) is 0 Å². The highest BCUT2D eigenvalue weighted by atomic mass is 35.5. The van der Waals surface area contributed by atoms with E-state index in [0.29, 0.717) is 12.1 Å². The molecule has 1 N–H and O–H groups in total. The number of nitrogens with zero attached hydrogens (tertiary/aromatic N) is 2. The highest BCUT2D eigenvalue weighted by Crippen LogP contribution is 2.18. The van der Waals surface area contributed by atoms with Crippen molar-refractivity contribution in [2.75, 3.05) is 0 Å². The average Bonchev–Trinajstić information content (AvgIpc) is 2.87. The molecule has 2 aromatic rings. The van der Waals surface area contributed by atoms with Crippen LogP contribution in [0.2, 0.25) is 10.2 Å². The summed E-state index contributed by atoms with van der Waals surface area (Å²) in [4.78, 5) is 21.2. The van der Waals surface area contributed by atoms with E-state index in [4.69, 9.17) is 23.2 Å². The van der Waals surface area contributed by atoms with Crippen molar-refractivity contribution in [1.82, 2.24) is 15.3 Å². The second-order valence-corrected chi connectivity index (χ2v) is 5.74. The van der Waals surface area contributed by atoms with Crippen molar-refractivity contribution in [2.45, 2.75) is 19.9 Å². The van der Waals surface area contributed by atoms with Gasteiger partial charge >= 0.3 is 0 Å². The van der Waals surface area contributed by atoms with Crippen LogP contribution in [-0.4, -0.2) is 15.9 Å². The van der Waals surface area contributed by atoms with Crippen LogP contribution in [0, 0.1) is 0 Å². The topological polar surface area (TPSA) is 54.9 Å². The summed E-state index contributed by atoms with van der Waals surface area (Å²) in [6.07, 6.45) is 4.12. The minimum Gasteiger partial charge on any atom is -0.345 e. The van der Waals surface area contributed by atoms with Gasteiger partial charge < -0.3 is 5.32 Å². The summed E-state index contributed by atoms with van der Waals surface area (Å²) in [5.41, 5.74) is 0.314. The Labute approximate surface area is 124 Å². The van der Waals surface area contributed by atoms with Crippen molar-refractivity contribution in [3.63, 3.8) is 0 Å². The third-order valence-corrected chi connectivity index (χ3v) is 4.07. The molecule has 0 unspecified atom stereocenters. The first kappa shape index (κ1) is 14.2. The number of aryl methyl sites for hydroxylation is 1. The number of amides is 1. The van der Waals surface area contributed by atoms with Crippen LogP contribution in [0.25, 0.3) is 0 Å². The van der Waals surface area contributed by atoms with Crippen LogP contribution in [0.15, 0.2) is 18.5 Å². The monoisotopic (exact) mass is 315 g/mol. The van der Waals surface area contributed by atoms with Crippen LogP contribution in [0.5, 0.6) is 0 Å². The Kier molecular flexibility index (Phi) is 4.74. The van der Waals surface area contributed by atoms with Gasteiger partial charge in [0, 0.05) is 17.3 Å². The molecule has 0 fully saturated rings. The Morgan fingerprint density at radius 3 is 2.84 bits per heavy atom. The molecule has 19 heavy (non-hydrogen) atoms. The number of carbonyl (C=O) groups is 1. The SMILES string of the molecule is CCc1cnc(CNC(=O)c2cc(Cl)ncc2Cl)s1. The van der Waals surface area contributed by atoms with Gasteiger partial charge in [0.2, 0.25) is 0 Å². The molecule has 7 heteroatoms. The fourth-order valence-corrected chi connectivity index (χ4v) is 2.58. The Balaban J connectivity index is 2.03. The second-order valence-electron chi connectivity index (χ2n) is 3.74. The second kappa shape index (κ2) is 6.32. The molecule has 0 bridgehead atoms. The number of hydrogen-bond donors (Lipinski definition) is 1. The lowest BCUT2D eigenvalue weighted by Crippen LogP contribution is -2.23. The van der Waals surface area contributed by atoms with E-state index in [0.717, 1.165) is 11.4 Å². The van der Waals surface area contributed by atoms with E-state index in [1.165, 1.54) is 17.1 Å². The molecule has 100 valence electrons. The van der Waals surface area contributed by atoms with E-state index < -0.39 is 0 Å². The average molecular weight is 316 g/mol. The highest BCUT2D eigenvalue weighted by molar-refractivity contribution is 7.11. The summed E-state index contributed by atoms with van der Waals surface area (Å²) < 4.78 is 0. The molecule has 0 spiro atoms. The molecule has 2 aromatic heterocycles. The van der Waals surface area contributed by atoms with E-state index >= 15 is 0 Å². The molecule has 1 amide bonds. The zero-order chi connectivity index (χ0) is 13.8. The summed E-state index contributed by atoms with van der Waals surface area (Å²) in [7, 11) is 0. The van der Waals surface area contributed by atoms with Crippen molar-refractivity contribution >= 4 is 40.4 Å². The van der Waals surface area contributed by atoms with Crippen LogP contribution in [-0.2, 0) is 13.0 Å². The predicted octanol–water partition coefficient (Wildman–Crippen LogP) is 3.34. The molecule has 0 aliphatic rings. The maximum atomic E-state index is 12.0. The minimum atomic E-state index is -0.289. The molecular weight excluding hydrogens is 305 g/mol. The normalized spacial score (nSPS) is 10.5. The zero-order valence-electron chi connectivity index (χ0n) is 10.1. The van der Waals surface area contributed by atoms with Crippen molar-refractivity contribution in [2.24, 2.45) is 0 Å². The number of aromatic nitrogens is 2. The maximum Gasteiger partial charge on any atom is 0.253 e. The van der Waals surface area contributed by atoms with Gasteiger partial charge in [0.1, 0.15) is 10.2 Å². The summed E-state index contributed by atoms with van der Waals surface area (Å²) in [6, 6.07) is 1.44. The van der Waals surface area contributed by atoms with Gasteiger partial charge in [-0.25, -0.2) is 9.97 Å². The van der Waals surface area contributed by atoms with E-state index in [9.17, 15) is 4.79 Å². The Morgan fingerprint density at radius 1 is 1.37 bits per heavy atom. The Hall–Kier alpha value is -1.17. The van der Waals surface area contributed by atoms with Gasteiger partial charge in [-0.3, -0.25) is 4.79 Å². The van der Waals surface area contributed by atoms with Gasteiger partial charge in [-0.2, -0.15) is 0 Å². The number of nitrogens with one attached hydrogen (secondary N) is 1. The summed E-state index contributed by atoms with van der Waals surface area (Å²) in [5, 5.41) is 4.13. The van der Waals surface area contributed by atoms with Crippen molar-refractivity contribution < 1.29 is 4.79 Å². The molecule has 2 heterocycles. The van der Waals surface area contributed by atoms with Crippen LogP contribution in [0.3, 0.4) is 0 Å². The molecule has 0 aliphatic carbocycles.